The highest BCUT2D eigenvalue weighted by molar-refractivity contribution is 6.03. The Labute approximate surface area is 218 Å². The Balaban J connectivity index is 1.57. The molecular formula is C29H37FN4O3. The minimum atomic E-state index is -0.361. The summed E-state index contributed by atoms with van der Waals surface area (Å²) >= 11 is 0. The molecule has 0 aliphatic carbocycles. The molecule has 0 saturated carbocycles. The van der Waals surface area contributed by atoms with Gasteiger partial charge < -0.3 is 9.64 Å². The van der Waals surface area contributed by atoms with Crippen LogP contribution in [0.15, 0.2) is 47.6 Å². The number of hydrogen-bond acceptors (Lipinski definition) is 5. The summed E-state index contributed by atoms with van der Waals surface area (Å²) in [5.74, 6) is -0.855. The monoisotopic (exact) mass is 508 g/mol. The summed E-state index contributed by atoms with van der Waals surface area (Å²) in [6.45, 7) is 11.9. The zero-order valence-electron chi connectivity index (χ0n) is 22.2. The first kappa shape index (κ1) is 26.9. The van der Waals surface area contributed by atoms with Crippen molar-refractivity contribution in [3.05, 3.63) is 70.5 Å². The standard InChI is InChI=1S/C29H37FN4O3/c1-20(2)29(36)33(12-11-32-13-15-37-16-14-32)19-28(35)34-27(23-7-9-25(30)10-8-23)18-26(31-34)24-6-5-21(3)22(4)17-24/h5-10,17,20,27H,11-16,18-19H2,1-4H3/t27-/m1/s1. The van der Waals surface area contributed by atoms with Crippen LogP contribution in [0.5, 0.6) is 0 Å². The van der Waals surface area contributed by atoms with E-state index in [9.17, 15) is 14.0 Å². The van der Waals surface area contributed by atoms with E-state index in [1.807, 2.05) is 19.9 Å². The van der Waals surface area contributed by atoms with Gasteiger partial charge in [0.1, 0.15) is 12.4 Å². The van der Waals surface area contributed by atoms with Crippen LogP contribution in [0.4, 0.5) is 4.39 Å². The Bertz CT molecular complexity index is 1140. The van der Waals surface area contributed by atoms with Gasteiger partial charge in [-0.3, -0.25) is 14.5 Å². The number of hydrazone groups is 1. The van der Waals surface area contributed by atoms with Gasteiger partial charge in [-0.05, 0) is 54.3 Å². The third kappa shape index (κ3) is 6.62. The first-order valence-corrected chi connectivity index (χ1v) is 13.0. The van der Waals surface area contributed by atoms with E-state index in [-0.39, 0.29) is 36.1 Å². The van der Waals surface area contributed by atoms with E-state index in [0.717, 1.165) is 35.5 Å². The lowest BCUT2D eigenvalue weighted by molar-refractivity contribution is -0.143. The van der Waals surface area contributed by atoms with Crippen molar-refractivity contribution in [2.24, 2.45) is 11.0 Å². The molecule has 0 unspecified atom stereocenters. The number of amides is 2. The number of hydrogen-bond donors (Lipinski definition) is 0. The summed E-state index contributed by atoms with van der Waals surface area (Å²) < 4.78 is 19.1. The molecule has 7 nitrogen and oxygen atoms in total. The fraction of sp³-hybridized carbons (Fsp3) is 0.483. The van der Waals surface area contributed by atoms with Crippen molar-refractivity contribution in [2.75, 3.05) is 45.9 Å². The van der Waals surface area contributed by atoms with Crippen molar-refractivity contribution in [1.82, 2.24) is 14.8 Å². The zero-order valence-corrected chi connectivity index (χ0v) is 22.2. The number of morpholine rings is 1. The summed E-state index contributed by atoms with van der Waals surface area (Å²) in [5, 5.41) is 6.25. The molecule has 1 atom stereocenters. The number of nitrogens with zero attached hydrogens (tertiary/aromatic N) is 4. The number of benzene rings is 2. The van der Waals surface area contributed by atoms with Crippen molar-refractivity contribution < 1.29 is 18.7 Å². The molecule has 0 bridgehead atoms. The summed E-state index contributed by atoms with van der Waals surface area (Å²) in [7, 11) is 0. The Morgan fingerprint density at radius 3 is 2.43 bits per heavy atom. The van der Waals surface area contributed by atoms with Gasteiger partial charge in [-0.1, -0.05) is 38.1 Å². The molecule has 4 rings (SSSR count). The maximum atomic E-state index is 13.7. The van der Waals surface area contributed by atoms with E-state index >= 15 is 0 Å². The molecule has 2 amide bonds. The predicted molar refractivity (Wildman–Crippen MR) is 142 cm³/mol. The Hall–Kier alpha value is -3.10. The topological polar surface area (TPSA) is 65.5 Å². The number of ether oxygens (including phenoxy) is 1. The molecule has 1 fully saturated rings. The lowest BCUT2D eigenvalue weighted by atomic mass is 9.96. The Kier molecular flexibility index (Phi) is 8.71. The second-order valence-corrected chi connectivity index (χ2v) is 10.2. The molecule has 2 aromatic rings. The van der Waals surface area contributed by atoms with Crippen LogP contribution in [0.1, 0.15) is 48.6 Å². The Morgan fingerprint density at radius 1 is 1.08 bits per heavy atom. The number of carbonyl (C=O) groups excluding carboxylic acids is 2. The molecule has 198 valence electrons. The van der Waals surface area contributed by atoms with Crippen LogP contribution < -0.4 is 0 Å². The smallest absolute Gasteiger partial charge is 0.262 e. The number of aryl methyl sites for hydroxylation is 2. The van der Waals surface area contributed by atoms with Crippen LogP contribution in [0.25, 0.3) is 0 Å². The highest BCUT2D eigenvalue weighted by atomic mass is 19.1. The predicted octanol–water partition coefficient (Wildman–Crippen LogP) is 3.94. The first-order valence-electron chi connectivity index (χ1n) is 13.0. The summed E-state index contributed by atoms with van der Waals surface area (Å²) in [6, 6.07) is 12.0. The van der Waals surface area contributed by atoms with Crippen molar-refractivity contribution >= 4 is 17.5 Å². The number of carbonyl (C=O) groups is 2. The van der Waals surface area contributed by atoms with E-state index in [1.165, 1.54) is 22.7 Å². The summed E-state index contributed by atoms with van der Waals surface area (Å²) in [5.41, 5.74) is 4.93. The van der Waals surface area contributed by atoms with Crippen LogP contribution in [0.3, 0.4) is 0 Å². The van der Waals surface area contributed by atoms with Gasteiger partial charge in [0, 0.05) is 38.5 Å². The van der Waals surface area contributed by atoms with E-state index < -0.39 is 0 Å². The number of halogens is 1. The van der Waals surface area contributed by atoms with Gasteiger partial charge in [0.15, 0.2) is 0 Å². The lowest BCUT2D eigenvalue weighted by Crippen LogP contribution is -2.47. The SMILES string of the molecule is Cc1ccc(C2=NN(C(=O)CN(CCN3CCOCC3)C(=O)C(C)C)[C@@H](c3ccc(F)cc3)C2)cc1C. The average Bonchev–Trinajstić information content (AvgIpc) is 3.34. The summed E-state index contributed by atoms with van der Waals surface area (Å²) in [4.78, 5) is 30.6. The minimum absolute atomic E-state index is 0.0528. The fourth-order valence-corrected chi connectivity index (χ4v) is 4.74. The van der Waals surface area contributed by atoms with Gasteiger partial charge in [0.2, 0.25) is 5.91 Å². The Morgan fingerprint density at radius 2 is 1.78 bits per heavy atom. The summed E-state index contributed by atoms with van der Waals surface area (Å²) in [6.07, 6.45) is 0.520. The maximum Gasteiger partial charge on any atom is 0.262 e. The average molecular weight is 509 g/mol. The van der Waals surface area contributed by atoms with Crippen LogP contribution in [-0.4, -0.2) is 78.3 Å². The fourth-order valence-electron chi connectivity index (χ4n) is 4.74. The molecule has 2 aliphatic heterocycles. The third-order valence-corrected chi connectivity index (χ3v) is 7.18. The van der Waals surface area contributed by atoms with E-state index in [0.29, 0.717) is 32.7 Å². The highest BCUT2D eigenvalue weighted by Crippen LogP contribution is 2.33. The van der Waals surface area contributed by atoms with Crippen LogP contribution >= 0.6 is 0 Å². The molecule has 1 saturated heterocycles. The van der Waals surface area contributed by atoms with Crippen molar-refractivity contribution in [3.8, 4) is 0 Å². The molecule has 2 heterocycles. The van der Waals surface area contributed by atoms with Crippen LogP contribution in [0, 0.1) is 25.6 Å². The van der Waals surface area contributed by atoms with Gasteiger partial charge in [0.05, 0.1) is 25.0 Å². The minimum Gasteiger partial charge on any atom is -0.379 e. The molecule has 37 heavy (non-hydrogen) atoms. The van der Waals surface area contributed by atoms with E-state index in [4.69, 9.17) is 9.84 Å². The van der Waals surface area contributed by atoms with Gasteiger partial charge >= 0.3 is 0 Å². The second-order valence-electron chi connectivity index (χ2n) is 10.2. The zero-order chi connectivity index (χ0) is 26.5. The van der Waals surface area contributed by atoms with Gasteiger partial charge in [-0.2, -0.15) is 5.10 Å². The van der Waals surface area contributed by atoms with Crippen molar-refractivity contribution in [3.63, 3.8) is 0 Å². The third-order valence-electron chi connectivity index (χ3n) is 7.18. The molecule has 8 heteroatoms. The molecular weight excluding hydrogens is 471 g/mol. The van der Waals surface area contributed by atoms with Crippen LogP contribution in [0.2, 0.25) is 0 Å². The maximum absolute atomic E-state index is 13.7. The van der Waals surface area contributed by atoms with Gasteiger partial charge in [0.25, 0.3) is 5.91 Å². The molecule has 0 aromatic heterocycles. The van der Waals surface area contributed by atoms with Gasteiger partial charge in [-0.15, -0.1) is 0 Å². The number of rotatable bonds is 8. The van der Waals surface area contributed by atoms with E-state index in [2.05, 4.69) is 30.9 Å². The normalized spacial score (nSPS) is 18.3. The molecule has 0 N–H and O–H groups in total. The van der Waals surface area contributed by atoms with Crippen molar-refractivity contribution in [2.45, 2.75) is 40.2 Å². The molecule has 0 spiro atoms. The van der Waals surface area contributed by atoms with Crippen LogP contribution in [-0.2, 0) is 14.3 Å². The second kappa shape index (κ2) is 12.0. The largest absolute Gasteiger partial charge is 0.379 e. The van der Waals surface area contributed by atoms with E-state index in [1.54, 1.807) is 17.0 Å². The quantitative estimate of drug-likeness (QED) is 0.542. The highest BCUT2D eigenvalue weighted by Gasteiger charge is 2.35. The van der Waals surface area contributed by atoms with Crippen molar-refractivity contribution in [1.29, 1.82) is 0 Å². The first-order chi connectivity index (χ1) is 17.7. The lowest BCUT2D eigenvalue weighted by Gasteiger charge is -2.31. The van der Waals surface area contributed by atoms with Gasteiger partial charge in [-0.25, -0.2) is 9.40 Å². The molecule has 2 aromatic carbocycles. The molecule has 2 aliphatic rings. The molecule has 0 radical (unpaired) electrons.